The van der Waals surface area contributed by atoms with Gasteiger partial charge >= 0.3 is 0 Å². The number of hydrogen-bond donors (Lipinski definition) is 0. The van der Waals surface area contributed by atoms with E-state index in [0.29, 0.717) is 5.56 Å². The lowest BCUT2D eigenvalue weighted by atomic mass is 10.3. The number of hydrogen-bond acceptors (Lipinski definition) is 3. The Morgan fingerprint density at radius 1 is 1.69 bits per heavy atom. The highest BCUT2D eigenvalue weighted by Gasteiger charge is 1.98. The Bertz CT molecular complexity index is 321. The molecular weight excluding hydrogens is 162 g/mol. The van der Waals surface area contributed by atoms with Crippen LogP contribution in [0.4, 0.5) is 5.82 Å². The van der Waals surface area contributed by atoms with Crippen LogP contribution in [0.25, 0.3) is 0 Å². The van der Waals surface area contributed by atoms with E-state index in [-0.39, 0.29) is 0 Å². The third kappa shape index (κ3) is 2.31. The quantitative estimate of drug-likeness (QED) is 0.651. The molecule has 0 aliphatic heterocycles. The summed E-state index contributed by atoms with van der Waals surface area (Å²) in [5, 5.41) is 8.55. The largest absolute Gasteiger partial charge is 0.356 e. The second-order valence-corrected chi connectivity index (χ2v) is 2.69. The van der Waals surface area contributed by atoms with Gasteiger partial charge in [-0.3, -0.25) is 0 Å². The lowest BCUT2D eigenvalue weighted by molar-refractivity contribution is 0.990. The Morgan fingerprint density at radius 2 is 2.46 bits per heavy atom. The molecule has 66 valence electrons. The van der Waals surface area contributed by atoms with E-state index < -0.39 is 0 Å². The summed E-state index contributed by atoms with van der Waals surface area (Å²) in [5.74, 6) is 0.846. The summed E-state index contributed by atoms with van der Waals surface area (Å²) >= 11 is 0. The fraction of sp³-hybridized carbons (Fsp3) is 0.200. The van der Waals surface area contributed by atoms with Crippen LogP contribution >= 0.6 is 0 Å². The molecular formula is C10H11N3. The molecule has 3 heteroatoms. The lowest BCUT2D eigenvalue weighted by Gasteiger charge is -2.14. The molecule has 0 spiro atoms. The van der Waals surface area contributed by atoms with Gasteiger partial charge in [0.25, 0.3) is 0 Å². The Morgan fingerprint density at radius 3 is 2.92 bits per heavy atom. The molecule has 1 rings (SSSR count). The standard InChI is InChI=1S/C10H11N3/c1-3-6-13(2)10-5-4-9(7-11)8-12-10/h3-5,8H,1,6H2,2H3. The van der Waals surface area contributed by atoms with E-state index in [1.54, 1.807) is 18.3 Å². The topological polar surface area (TPSA) is 39.9 Å². The molecule has 0 saturated heterocycles. The van der Waals surface area contributed by atoms with E-state index >= 15 is 0 Å². The monoisotopic (exact) mass is 173 g/mol. The summed E-state index contributed by atoms with van der Waals surface area (Å²) in [6.07, 6.45) is 3.37. The first-order chi connectivity index (χ1) is 6.27. The fourth-order valence-corrected chi connectivity index (χ4v) is 0.965. The van der Waals surface area contributed by atoms with E-state index in [9.17, 15) is 0 Å². The van der Waals surface area contributed by atoms with Crippen molar-refractivity contribution in [3.05, 3.63) is 36.5 Å². The van der Waals surface area contributed by atoms with Crippen molar-refractivity contribution in [3.63, 3.8) is 0 Å². The van der Waals surface area contributed by atoms with E-state index in [4.69, 9.17) is 5.26 Å². The van der Waals surface area contributed by atoms with Gasteiger partial charge in [-0.15, -0.1) is 6.58 Å². The average Bonchev–Trinajstić information content (AvgIpc) is 2.18. The minimum Gasteiger partial charge on any atom is -0.356 e. The molecule has 0 N–H and O–H groups in total. The van der Waals surface area contributed by atoms with Gasteiger partial charge in [-0.05, 0) is 12.1 Å². The Labute approximate surface area is 77.9 Å². The zero-order valence-corrected chi connectivity index (χ0v) is 7.57. The lowest BCUT2D eigenvalue weighted by Crippen LogP contribution is -2.17. The number of nitriles is 1. The summed E-state index contributed by atoms with van der Waals surface area (Å²) < 4.78 is 0. The number of pyridine rings is 1. The van der Waals surface area contributed by atoms with E-state index in [1.165, 1.54) is 0 Å². The maximum atomic E-state index is 8.55. The van der Waals surface area contributed by atoms with Gasteiger partial charge in [-0.1, -0.05) is 6.08 Å². The first-order valence-electron chi connectivity index (χ1n) is 3.96. The highest BCUT2D eigenvalue weighted by molar-refractivity contribution is 5.41. The van der Waals surface area contributed by atoms with Crippen molar-refractivity contribution in [2.45, 2.75) is 0 Å². The summed E-state index contributed by atoms with van der Waals surface area (Å²) in [6.45, 7) is 4.39. The van der Waals surface area contributed by atoms with Crippen LogP contribution in [0.2, 0.25) is 0 Å². The maximum absolute atomic E-state index is 8.55. The minimum absolute atomic E-state index is 0.579. The molecule has 0 aromatic carbocycles. The molecule has 0 aliphatic carbocycles. The van der Waals surface area contributed by atoms with Crippen LogP contribution in [-0.4, -0.2) is 18.6 Å². The van der Waals surface area contributed by atoms with Crippen molar-refractivity contribution in [2.24, 2.45) is 0 Å². The van der Waals surface area contributed by atoms with Gasteiger partial charge in [0.15, 0.2) is 0 Å². The van der Waals surface area contributed by atoms with Crippen LogP contribution in [-0.2, 0) is 0 Å². The summed E-state index contributed by atoms with van der Waals surface area (Å²) in [4.78, 5) is 6.08. The number of aromatic nitrogens is 1. The normalized spacial score (nSPS) is 8.92. The van der Waals surface area contributed by atoms with Gasteiger partial charge in [-0.25, -0.2) is 4.98 Å². The Hall–Kier alpha value is -1.82. The van der Waals surface area contributed by atoms with Gasteiger partial charge in [0.05, 0.1) is 5.56 Å². The summed E-state index contributed by atoms with van der Waals surface area (Å²) in [5.41, 5.74) is 0.579. The van der Waals surface area contributed by atoms with Gasteiger partial charge in [0.1, 0.15) is 11.9 Å². The van der Waals surface area contributed by atoms with E-state index in [1.807, 2.05) is 24.1 Å². The Balaban J connectivity index is 2.80. The van der Waals surface area contributed by atoms with Crippen LogP contribution in [0.15, 0.2) is 31.0 Å². The maximum Gasteiger partial charge on any atom is 0.128 e. The minimum atomic E-state index is 0.579. The van der Waals surface area contributed by atoms with Crippen LogP contribution in [0.1, 0.15) is 5.56 Å². The van der Waals surface area contributed by atoms with Crippen LogP contribution in [0, 0.1) is 11.3 Å². The predicted molar refractivity (Wildman–Crippen MR) is 52.4 cm³/mol. The number of likely N-dealkylation sites (N-methyl/N-ethyl adjacent to an activating group) is 1. The number of anilines is 1. The third-order valence-corrected chi connectivity index (χ3v) is 1.67. The molecule has 0 amide bonds. The van der Waals surface area contributed by atoms with Crippen LogP contribution < -0.4 is 4.90 Å². The van der Waals surface area contributed by atoms with Crippen molar-refractivity contribution in [1.29, 1.82) is 5.26 Å². The fourth-order valence-electron chi connectivity index (χ4n) is 0.965. The number of nitrogens with zero attached hydrogens (tertiary/aromatic N) is 3. The van der Waals surface area contributed by atoms with Gasteiger partial charge in [-0.2, -0.15) is 5.26 Å². The van der Waals surface area contributed by atoms with Crippen molar-refractivity contribution < 1.29 is 0 Å². The van der Waals surface area contributed by atoms with Gasteiger partial charge in [0, 0.05) is 19.8 Å². The van der Waals surface area contributed by atoms with Crippen molar-refractivity contribution in [3.8, 4) is 6.07 Å². The first kappa shape index (κ1) is 9.27. The highest BCUT2D eigenvalue weighted by Crippen LogP contribution is 2.08. The molecule has 0 unspecified atom stereocenters. The summed E-state index contributed by atoms with van der Waals surface area (Å²) in [7, 11) is 1.93. The van der Waals surface area contributed by atoms with Crippen molar-refractivity contribution >= 4 is 5.82 Å². The van der Waals surface area contributed by atoms with Gasteiger partial charge < -0.3 is 4.90 Å². The molecule has 0 aliphatic rings. The molecule has 1 aromatic heterocycles. The predicted octanol–water partition coefficient (Wildman–Crippen LogP) is 1.58. The summed E-state index contributed by atoms with van der Waals surface area (Å²) in [6, 6.07) is 5.60. The molecule has 0 bridgehead atoms. The highest BCUT2D eigenvalue weighted by atomic mass is 15.1. The zero-order chi connectivity index (χ0) is 9.68. The van der Waals surface area contributed by atoms with E-state index in [0.717, 1.165) is 12.4 Å². The molecule has 3 nitrogen and oxygen atoms in total. The molecule has 13 heavy (non-hydrogen) atoms. The second kappa shape index (κ2) is 4.27. The van der Waals surface area contributed by atoms with Crippen LogP contribution in [0.3, 0.4) is 0 Å². The molecule has 1 aromatic rings. The average molecular weight is 173 g/mol. The smallest absolute Gasteiger partial charge is 0.128 e. The SMILES string of the molecule is C=CCN(C)c1ccc(C#N)cn1. The second-order valence-electron chi connectivity index (χ2n) is 2.69. The first-order valence-corrected chi connectivity index (χ1v) is 3.96. The van der Waals surface area contributed by atoms with Crippen LogP contribution in [0.5, 0.6) is 0 Å². The molecule has 0 atom stereocenters. The Kier molecular flexibility index (Phi) is 3.04. The molecule has 0 fully saturated rings. The molecule has 0 saturated carbocycles. The van der Waals surface area contributed by atoms with Crippen molar-refractivity contribution in [1.82, 2.24) is 4.98 Å². The molecule has 1 heterocycles. The third-order valence-electron chi connectivity index (χ3n) is 1.67. The molecule has 0 radical (unpaired) electrons. The van der Waals surface area contributed by atoms with Crippen molar-refractivity contribution in [2.75, 3.05) is 18.5 Å². The van der Waals surface area contributed by atoms with E-state index in [2.05, 4.69) is 11.6 Å². The van der Waals surface area contributed by atoms with Gasteiger partial charge in [0.2, 0.25) is 0 Å². The number of rotatable bonds is 3. The zero-order valence-electron chi connectivity index (χ0n) is 7.57.